The number of halogens is 2. The molecule has 0 saturated carbocycles. The Hall–Kier alpha value is -1.24. The summed E-state index contributed by atoms with van der Waals surface area (Å²) >= 11 is 7.04. The van der Waals surface area contributed by atoms with Crippen LogP contribution in [-0.4, -0.2) is 15.3 Å². The molecule has 1 heterocycles. The summed E-state index contributed by atoms with van der Waals surface area (Å²) in [6, 6.07) is 7.20. The Morgan fingerprint density at radius 3 is 2.67 bits per heavy atom. The van der Waals surface area contributed by atoms with Gasteiger partial charge in [0.05, 0.1) is 5.75 Å². The number of hydrogen-bond acceptors (Lipinski definition) is 4. The number of nitrogens with zero attached hydrogens (tertiary/aromatic N) is 2. The van der Waals surface area contributed by atoms with E-state index in [1.54, 1.807) is 12.1 Å². The molecule has 0 aliphatic carbocycles. The lowest BCUT2D eigenvalue weighted by Gasteiger charge is -1.93. The van der Waals surface area contributed by atoms with Crippen LogP contribution in [0.1, 0.15) is 5.89 Å². The highest BCUT2D eigenvalue weighted by Crippen LogP contribution is 2.19. The van der Waals surface area contributed by atoms with E-state index in [1.165, 1.54) is 11.8 Å². The summed E-state index contributed by atoms with van der Waals surface area (Å²) in [7, 11) is 0. The zero-order chi connectivity index (χ0) is 12.3. The lowest BCUT2D eigenvalue weighted by atomic mass is 10.2. The molecule has 0 spiro atoms. The minimum atomic E-state index is 0. The van der Waals surface area contributed by atoms with Gasteiger partial charge in [0, 0.05) is 10.6 Å². The van der Waals surface area contributed by atoms with Crippen LogP contribution < -0.4 is 23.5 Å². The third kappa shape index (κ3) is 3.90. The Balaban J connectivity index is 0.00000162. The molecule has 0 saturated heterocycles. The smallest absolute Gasteiger partial charge is 0.300 e. The molecule has 0 atom stereocenters. The van der Waals surface area contributed by atoms with Crippen LogP contribution in [0.2, 0.25) is 5.02 Å². The van der Waals surface area contributed by atoms with Gasteiger partial charge in [-0.15, -0.1) is 0 Å². The van der Waals surface area contributed by atoms with Crippen LogP contribution >= 0.6 is 23.4 Å². The van der Waals surface area contributed by atoms with Crippen molar-refractivity contribution in [3.8, 4) is 11.4 Å². The lowest BCUT2D eigenvalue weighted by Crippen LogP contribution is -3.00. The minimum absolute atomic E-state index is 0. The molecule has 5 nitrogen and oxygen atoms in total. The van der Waals surface area contributed by atoms with Crippen molar-refractivity contribution in [2.45, 2.75) is 5.75 Å². The molecule has 8 heteroatoms. The molecule has 0 unspecified atom stereocenters. The van der Waals surface area contributed by atoms with E-state index in [0.29, 0.717) is 22.5 Å². The summed E-state index contributed by atoms with van der Waals surface area (Å²) in [5, 5.41) is 10.1. The standard InChI is InChI=1S/C10H9ClN4OS.ClH/c11-7-3-1-6(2-4-7)9-14-8(16-15-9)5-17-10(12)13;/h1-4H,5H2,(H3,12,13);1H. The molecule has 2 aromatic rings. The van der Waals surface area contributed by atoms with Crippen molar-refractivity contribution in [3.63, 3.8) is 0 Å². The molecule has 1 aromatic heterocycles. The van der Waals surface area contributed by atoms with Crippen molar-refractivity contribution in [2.75, 3.05) is 0 Å². The van der Waals surface area contributed by atoms with Crippen molar-refractivity contribution in [1.82, 2.24) is 10.1 Å². The van der Waals surface area contributed by atoms with Gasteiger partial charge in [-0.3, -0.25) is 11.1 Å². The fourth-order valence-corrected chi connectivity index (χ4v) is 1.71. The van der Waals surface area contributed by atoms with Gasteiger partial charge in [-0.2, -0.15) is 4.98 Å². The molecule has 2 rings (SSSR count). The topological polar surface area (TPSA) is 90.5 Å². The maximum atomic E-state index is 5.79. The van der Waals surface area contributed by atoms with E-state index >= 15 is 0 Å². The third-order valence-electron chi connectivity index (χ3n) is 1.93. The second-order valence-corrected chi connectivity index (χ2v) is 4.69. The normalized spacial score (nSPS) is 9.83. The number of rotatable bonds is 3. The van der Waals surface area contributed by atoms with Gasteiger partial charge in [0.25, 0.3) is 5.17 Å². The summed E-state index contributed by atoms with van der Waals surface area (Å²) < 4.78 is 5.06. The summed E-state index contributed by atoms with van der Waals surface area (Å²) in [5.74, 6) is 1.46. The first kappa shape index (κ1) is 14.8. The SMILES string of the molecule is NC(=[NH2+])SCc1nc(-c2ccc(Cl)cc2)no1.[Cl-]. The van der Waals surface area contributed by atoms with Crippen LogP contribution in [0, 0.1) is 0 Å². The number of thioether (sulfide) groups is 1. The van der Waals surface area contributed by atoms with Crippen molar-refractivity contribution < 1.29 is 22.3 Å². The zero-order valence-corrected chi connectivity index (χ0v) is 11.5. The number of aromatic nitrogens is 2. The van der Waals surface area contributed by atoms with Crippen LogP contribution in [0.25, 0.3) is 11.4 Å². The maximum absolute atomic E-state index is 5.79. The van der Waals surface area contributed by atoms with Gasteiger partial charge in [-0.1, -0.05) is 16.8 Å². The van der Waals surface area contributed by atoms with E-state index in [9.17, 15) is 0 Å². The molecule has 1 aromatic carbocycles. The first-order chi connectivity index (χ1) is 8.15. The summed E-state index contributed by atoms with van der Waals surface area (Å²) in [6.07, 6.45) is 0. The minimum Gasteiger partial charge on any atom is -1.00 e. The average molecular weight is 305 g/mol. The van der Waals surface area contributed by atoms with Crippen molar-refractivity contribution in [1.29, 1.82) is 0 Å². The van der Waals surface area contributed by atoms with Gasteiger partial charge in [0.15, 0.2) is 0 Å². The highest BCUT2D eigenvalue weighted by Gasteiger charge is 2.09. The molecule has 4 N–H and O–H groups in total. The summed E-state index contributed by atoms with van der Waals surface area (Å²) in [5.41, 5.74) is 6.17. The molecule has 0 aliphatic rings. The van der Waals surface area contributed by atoms with Gasteiger partial charge >= 0.3 is 0 Å². The van der Waals surface area contributed by atoms with Crippen molar-refractivity contribution >= 4 is 28.5 Å². The van der Waals surface area contributed by atoms with Gasteiger partial charge in [0.2, 0.25) is 11.7 Å². The van der Waals surface area contributed by atoms with E-state index in [1.807, 2.05) is 12.1 Å². The first-order valence-corrected chi connectivity index (χ1v) is 6.11. The summed E-state index contributed by atoms with van der Waals surface area (Å²) in [6.45, 7) is 0. The quantitative estimate of drug-likeness (QED) is 0.492. The lowest BCUT2D eigenvalue weighted by molar-refractivity contribution is -0.110. The fraction of sp³-hybridized carbons (Fsp3) is 0.100. The van der Waals surface area contributed by atoms with Gasteiger partial charge in [-0.05, 0) is 36.0 Å². The Morgan fingerprint density at radius 2 is 2.06 bits per heavy atom. The van der Waals surface area contributed by atoms with E-state index in [0.717, 1.165) is 5.56 Å². The number of hydrogen-bond donors (Lipinski definition) is 2. The molecule has 0 radical (unpaired) electrons. The second-order valence-electron chi connectivity index (χ2n) is 3.21. The molecule has 0 aliphatic heterocycles. The molecular weight excluding hydrogens is 295 g/mol. The van der Waals surface area contributed by atoms with Crippen LogP contribution in [0.5, 0.6) is 0 Å². The van der Waals surface area contributed by atoms with Gasteiger partial charge in [0.1, 0.15) is 0 Å². The third-order valence-corrected chi connectivity index (χ3v) is 2.91. The molecule has 0 fully saturated rings. The molecular formula is C10H10Cl2N4OS. The monoisotopic (exact) mass is 304 g/mol. The number of nitrogens with two attached hydrogens (primary N) is 2. The van der Waals surface area contributed by atoms with Gasteiger partial charge < -0.3 is 16.9 Å². The molecule has 0 bridgehead atoms. The Labute approximate surface area is 119 Å². The molecule has 0 amide bonds. The van der Waals surface area contributed by atoms with Crippen LogP contribution in [0.3, 0.4) is 0 Å². The highest BCUT2D eigenvalue weighted by molar-refractivity contribution is 8.12. The van der Waals surface area contributed by atoms with E-state index in [4.69, 9.17) is 27.3 Å². The fourth-order valence-electron chi connectivity index (χ4n) is 1.17. The van der Waals surface area contributed by atoms with Crippen LogP contribution in [0.15, 0.2) is 28.8 Å². The molecule has 96 valence electrons. The zero-order valence-electron chi connectivity index (χ0n) is 9.14. The predicted molar refractivity (Wildman–Crippen MR) is 67.2 cm³/mol. The van der Waals surface area contributed by atoms with Crippen LogP contribution in [-0.2, 0) is 5.75 Å². The summed E-state index contributed by atoms with van der Waals surface area (Å²) in [4.78, 5) is 4.22. The number of amidine groups is 1. The average Bonchev–Trinajstić information content (AvgIpc) is 2.76. The van der Waals surface area contributed by atoms with E-state index in [2.05, 4.69) is 10.1 Å². The van der Waals surface area contributed by atoms with Crippen molar-refractivity contribution in [2.24, 2.45) is 5.73 Å². The predicted octanol–water partition coefficient (Wildman–Crippen LogP) is -2.30. The number of benzene rings is 1. The Bertz CT molecular complexity index is 529. The van der Waals surface area contributed by atoms with Crippen molar-refractivity contribution in [3.05, 3.63) is 35.2 Å². The molecule has 18 heavy (non-hydrogen) atoms. The highest BCUT2D eigenvalue weighted by atomic mass is 35.5. The van der Waals surface area contributed by atoms with E-state index in [-0.39, 0.29) is 17.6 Å². The largest absolute Gasteiger partial charge is 1.00 e. The second kappa shape index (κ2) is 6.63. The van der Waals surface area contributed by atoms with E-state index < -0.39 is 0 Å². The maximum Gasteiger partial charge on any atom is 0.300 e. The Kier molecular flexibility index (Phi) is 5.46. The van der Waals surface area contributed by atoms with Gasteiger partial charge in [-0.25, -0.2) is 0 Å². The first-order valence-electron chi connectivity index (χ1n) is 4.74. The Morgan fingerprint density at radius 1 is 1.39 bits per heavy atom. The van der Waals surface area contributed by atoms with Crippen LogP contribution in [0.4, 0.5) is 0 Å².